The van der Waals surface area contributed by atoms with Gasteiger partial charge in [-0.15, -0.1) is 0 Å². The molecule has 0 unspecified atom stereocenters. The number of hydrogen-bond donors (Lipinski definition) is 1. The first-order valence-corrected chi connectivity index (χ1v) is 12.3. The number of nitrogens with zero attached hydrogens (tertiary/aromatic N) is 6. The Hall–Kier alpha value is -2.76. The molecule has 0 aliphatic carbocycles. The lowest BCUT2D eigenvalue weighted by Crippen LogP contribution is -2.57. The summed E-state index contributed by atoms with van der Waals surface area (Å²) in [6, 6.07) is -0.231. The van der Waals surface area contributed by atoms with Gasteiger partial charge in [-0.2, -0.15) is 15.0 Å². The van der Waals surface area contributed by atoms with E-state index in [1.54, 1.807) is 4.90 Å². The smallest absolute Gasteiger partial charge is 0.410 e. The van der Waals surface area contributed by atoms with Crippen molar-refractivity contribution in [3.05, 3.63) is 5.82 Å². The average Bonchev–Trinajstić information content (AvgIpc) is 3.38. The number of carbonyl (C=O) groups excluding carboxylic acids is 1. The molecule has 1 N–H and O–H groups in total. The van der Waals surface area contributed by atoms with E-state index in [4.69, 9.17) is 9.47 Å². The third-order valence-corrected chi connectivity index (χ3v) is 7.39. The van der Waals surface area contributed by atoms with Crippen molar-refractivity contribution in [3.8, 4) is 6.01 Å². The average molecular weight is 493 g/mol. The molecular formula is C23H33FN6O5. The number of piperazine rings is 1. The molecule has 4 fully saturated rings. The topological polar surface area (TPSA) is 121 Å². The molecule has 1 amide bonds. The van der Waals surface area contributed by atoms with E-state index in [9.17, 15) is 19.1 Å². The molecule has 2 bridgehead atoms. The van der Waals surface area contributed by atoms with Crippen molar-refractivity contribution in [1.82, 2.24) is 24.8 Å². The Labute approximate surface area is 203 Å². The predicted octanol–water partition coefficient (Wildman–Crippen LogP) is 2.11. The fraction of sp³-hybridized carbons (Fsp3) is 0.783. The normalized spacial score (nSPS) is 30.5. The maximum absolute atomic E-state index is 14.1. The summed E-state index contributed by atoms with van der Waals surface area (Å²) in [6.45, 7) is 7.87. The highest BCUT2D eigenvalue weighted by Gasteiger charge is 2.49. The van der Waals surface area contributed by atoms with Crippen LogP contribution in [0.1, 0.15) is 63.5 Å². The Balaban J connectivity index is 1.33. The Kier molecular flexibility index (Phi) is 5.97. The second kappa shape index (κ2) is 8.72. The quantitative estimate of drug-likeness (QED) is 0.654. The van der Waals surface area contributed by atoms with Crippen LogP contribution in [0.15, 0.2) is 0 Å². The summed E-state index contributed by atoms with van der Waals surface area (Å²) in [4.78, 5) is 42.9. The van der Waals surface area contributed by atoms with E-state index < -0.39 is 29.1 Å². The van der Waals surface area contributed by atoms with Crippen LogP contribution in [0.2, 0.25) is 0 Å². The fourth-order valence-electron chi connectivity index (χ4n) is 5.97. The second-order valence-corrected chi connectivity index (χ2v) is 11.1. The van der Waals surface area contributed by atoms with E-state index in [1.807, 2.05) is 25.7 Å². The molecule has 0 saturated carbocycles. The van der Waals surface area contributed by atoms with Gasteiger partial charge >= 0.3 is 18.1 Å². The maximum Gasteiger partial charge on any atom is 0.410 e. The van der Waals surface area contributed by atoms with E-state index in [2.05, 4.69) is 19.9 Å². The van der Waals surface area contributed by atoms with Gasteiger partial charge in [0.05, 0.1) is 17.6 Å². The number of fused-ring (bicyclic) bond motifs is 3. The largest absolute Gasteiger partial charge is 0.475 e. The van der Waals surface area contributed by atoms with Gasteiger partial charge in [-0.05, 0) is 53.0 Å². The number of amides is 1. The molecule has 11 nitrogen and oxygen atoms in total. The number of halogens is 1. The highest BCUT2D eigenvalue weighted by molar-refractivity contribution is 5.83. The minimum Gasteiger partial charge on any atom is -0.475 e. The number of ether oxygens (including phenoxy) is 2. The molecule has 4 atom stereocenters. The van der Waals surface area contributed by atoms with Crippen molar-refractivity contribution in [2.75, 3.05) is 37.7 Å². The molecule has 1 aromatic rings. The van der Waals surface area contributed by atoms with Crippen LogP contribution in [-0.4, -0.2) is 104 Å². The van der Waals surface area contributed by atoms with Crippen molar-refractivity contribution in [2.45, 2.75) is 82.3 Å². The third kappa shape index (κ3) is 4.72. The van der Waals surface area contributed by atoms with Crippen molar-refractivity contribution in [2.24, 2.45) is 0 Å². The van der Waals surface area contributed by atoms with E-state index in [0.717, 1.165) is 32.2 Å². The Bertz CT molecular complexity index is 991. The standard InChI is InChI=1S/C23H33FN6O5/c1-22(2,3)35-21(33)30-15-5-6-16(30)12-28(11-15)19-25-17(18(31)32)26-20(27-19)34-13-23-7-4-8-29(23)10-14(24)9-23/h14-16H,4-13H2,1-3H3,(H,31,32)/t14-,15-,16+,23+/m1/s1. The minimum absolute atomic E-state index is 0.0714. The molecular weight excluding hydrogens is 459 g/mol. The zero-order chi connectivity index (χ0) is 25.0. The van der Waals surface area contributed by atoms with Crippen LogP contribution in [0.3, 0.4) is 0 Å². The summed E-state index contributed by atoms with van der Waals surface area (Å²) in [5.74, 6) is -1.47. The van der Waals surface area contributed by atoms with Gasteiger partial charge in [0.1, 0.15) is 18.4 Å². The number of carboxylic acids is 1. The Morgan fingerprint density at radius 3 is 2.51 bits per heavy atom. The van der Waals surface area contributed by atoms with Crippen LogP contribution in [-0.2, 0) is 4.74 Å². The molecule has 1 aromatic heterocycles. The lowest BCUT2D eigenvalue weighted by molar-refractivity contribution is 0.0122. The van der Waals surface area contributed by atoms with Gasteiger partial charge in [0.15, 0.2) is 0 Å². The zero-order valence-electron chi connectivity index (χ0n) is 20.4. The number of carboxylic acid groups (broad SMARTS) is 1. The number of rotatable bonds is 5. The number of anilines is 1. The molecule has 4 aliphatic rings. The van der Waals surface area contributed by atoms with Crippen LogP contribution in [0.4, 0.5) is 15.1 Å². The lowest BCUT2D eigenvalue weighted by atomic mass is 9.95. The van der Waals surface area contributed by atoms with Gasteiger partial charge in [0.25, 0.3) is 0 Å². The summed E-state index contributed by atoms with van der Waals surface area (Å²) in [5, 5.41) is 9.58. The van der Waals surface area contributed by atoms with Crippen LogP contribution < -0.4 is 9.64 Å². The zero-order valence-corrected chi connectivity index (χ0v) is 20.4. The number of hydrogen-bond acceptors (Lipinski definition) is 9. The van der Waals surface area contributed by atoms with Gasteiger partial charge in [0, 0.05) is 26.1 Å². The lowest BCUT2D eigenvalue weighted by Gasteiger charge is -2.41. The third-order valence-electron chi connectivity index (χ3n) is 7.39. The molecule has 5 heterocycles. The molecule has 0 aromatic carbocycles. The summed E-state index contributed by atoms with van der Waals surface area (Å²) < 4.78 is 25.6. The Morgan fingerprint density at radius 1 is 1.14 bits per heavy atom. The van der Waals surface area contributed by atoms with E-state index >= 15 is 0 Å². The van der Waals surface area contributed by atoms with Crippen LogP contribution in [0.25, 0.3) is 0 Å². The fourth-order valence-corrected chi connectivity index (χ4v) is 5.97. The molecule has 12 heteroatoms. The van der Waals surface area contributed by atoms with Gasteiger partial charge in [-0.25, -0.2) is 14.0 Å². The SMILES string of the molecule is CC(C)(C)OC(=O)N1[C@@H]2CC[C@H]1CN(c1nc(OC[C@@]34CCCN3C[C@H](F)C4)nc(C(=O)O)n1)C2. The summed E-state index contributed by atoms with van der Waals surface area (Å²) in [7, 11) is 0. The van der Waals surface area contributed by atoms with Gasteiger partial charge in [0.2, 0.25) is 11.8 Å². The summed E-state index contributed by atoms with van der Waals surface area (Å²) in [5.41, 5.74) is -0.978. The molecule has 5 rings (SSSR count). The molecule has 192 valence electrons. The highest BCUT2D eigenvalue weighted by atomic mass is 19.1. The molecule has 0 spiro atoms. The first kappa shape index (κ1) is 24.0. The number of alkyl halides is 1. The maximum atomic E-state index is 14.1. The van der Waals surface area contributed by atoms with Crippen molar-refractivity contribution >= 4 is 18.0 Å². The number of carbonyl (C=O) groups is 2. The van der Waals surface area contributed by atoms with E-state index in [1.165, 1.54) is 0 Å². The highest BCUT2D eigenvalue weighted by Crippen LogP contribution is 2.40. The summed E-state index contributed by atoms with van der Waals surface area (Å²) >= 11 is 0. The first-order valence-electron chi connectivity index (χ1n) is 12.3. The Morgan fingerprint density at radius 2 is 1.86 bits per heavy atom. The monoisotopic (exact) mass is 492 g/mol. The van der Waals surface area contributed by atoms with Crippen molar-refractivity contribution in [1.29, 1.82) is 0 Å². The molecule has 4 saturated heterocycles. The first-order chi connectivity index (χ1) is 16.5. The molecule has 4 aliphatic heterocycles. The molecule has 35 heavy (non-hydrogen) atoms. The number of aromatic nitrogens is 3. The second-order valence-electron chi connectivity index (χ2n) is 11.1. The van der Waals surface area contributed by atoms with E-state index in [-0.39, 0.29) is 36.7 Å². The van der Waals surface area contributed by atoms with Crippen LogP contribution in [0.5, 0.6) is 6.01 Å². The van der Waals surface area contributed by atoms with E-state index in [0.29, 0.717) is 26.1 Å². The van der Waals surface area contributed by atoms with Gasteiger partial charge in [-0.3, -0.25) is 9.80 Å². The van der Waals surface area contributed by atoms with Crippen molar-refractivity contribution in [3.63, 3.8) is 0 Å². The number of aromatic carboxylic acids is 1. The van der Waals surface area contributed by atoms with Gasteiger partial charge in [-0.1, -0.05) is 0 Å². The minimum atomic E-state index is -1.28. The van der Waals surface area contributed by atoms with Gasteiger partial charge < -0.3 is 19.5 Å². The van der Waals surface area contributed by atoms with Crippen LogP contribution >= 0.6 is 0 Å². The molecule has 0 radical (unpaired) electrons. The van der Waals surface area contributed by atoms with Crippen LogP contribution in [0, 0.1) is 0 Å². The predicted molar refractivity (Wildman–Crippen MR) is 122 cm³/mol. The van der Waals surface area contributed by atoms with Crippen molar-refractivity contribution < 1.29 is 28.6 Å². The summed E-state index contributed by atoms with van der Waals surface area (Å²) in [6.07, 6.45) is 2.62.